The van der Waals surface area contributed by atoms with Crippen LogP contribution < -0.4 is 10.1 Å². The van der Waals surface area contributed by atoms with Gasteiger partial charge in [-0.15, -0.1) is 0 Å². The number of halogens is 1. The Bertz CT molecular complexity index is 671. The molecular formula is C19H23FN2O2. The van der Waals surface area contributed by atoms with E-state index in [-0.39, 0.29) is 29.6 Å². The van der Waals surface area contributed by atoms with Gasteiger partial charge in [-0.3, -0.25) is 9.69 Å². The van der Waals surface area contributed by atoms with Crippen LogP contribution in [0.3, 0.4) is 0 Å². The van der Waals surface area contributed by atoms with Crippen LogP contribution in [0.4, 0.5) is 4.39 Å². The summed E-state index contributed by atoms with van der Waals surface area (Å²) < 4.78 is 19.7. The maximum Gasteiger partial charge on any atom is 0.225 e. The molecule has 2 heterocycles. The van der Waals surface area contributed by atoms with Crippen molar-refractivity contribution >= 4 is 5.91 Å². The second-order valence-electron chi connectivity index (χ2n) is 7.89. The van der Waals surface area contributed by atoms with Crippen LogP contribution in [0.25, 0.3) is 0 Å². The number of carbonyl (C=O) groups excluding carboxylic acids is 1. The van der Waals surface area contributed by atoms with Crippen LogP contribution in [0.2, 0.25) is 0 Å². The number of carbonyl (C=O) groups is 1. The fourth-order valence-corrected chi connectivity index (χ4v) is 4.33. The third kappa shape index (κ3) is 2.59. The first-order valence-corrected chi connectivity index (χ1v) is 9.16. The molecule has 128 valence electrons. The van der Waals surface area contributed by atoms with E-state index in [0.717, 1.165) is 43.2 Å². The van der Waals surface area contributed by atoms with E-state index in [1.165, 1.54) is 18.9 Å². The monoisotopic (exact) mass is 330 g/mol. The van der Waals surface area contributed by atoms with E-state index in [1.807, 2.05) is 0 Å². The molecule has 4 nitrogen and oxygen atoms in total. The molecule has 2 aliphatic carbocycles. The van der Waals surface area contributed by atoms with Crippen LogP contribution >= 0.6 is 0 Å². The van der Waals surface area contributed by atoms with Crippen LogP contribution in [-0.2, 0) is 4.79 Å². The lowest BCUT2D eigenvalue weighted by Crippen LogP contribution is -2.39. The summed E-state index contributed by atoms with van der Waals surface area (Å²) >= 11 is 0. The topological polar surface area (TPSA) is 41.6 Å². The predicted octanol–water partition coefficient (Wildman–Crippen LogP) is 2.50. The average molecular weight is 330 g/mol. The summed E-state index contributed by atoms with van der Waals surface area (Å²) in [4.78, 5) is 15.1. The number of rotatable bonds is 4. The minimum atomic E-state index is -0.227. The highest BCUT2D eigenvalue weighted by Crippen LogP contribution is 2.49. The van der Waals surface area contributed by atoms with Crippen molar-refractivity contribution in [2.24, 2.45) is 17.8 Å². The molecule has 1 aromatic rings. The minimum Gasteiger partial charge on any atom is -0.493 e. The van der Waals surface area contributed by atoms with Crippen molar-refractivity contribution in [3.8, 4) is 5.75 Å². The molecule has 0 aromatic heterocycles. The Kier molecular flexibility index (Phi) is 3.34. The summed E-state index contributed by atoms with van der Waals surface area (Å²) in [7, 11) is 0. The van der Waals surface area contributed by atoms with Crippen LogP contribution in [-0.4, -0.2) is 36.5 Å². The van der Waals surface area contributed by atoms with Gasteiger partial charge in [0.05, 0.1) is 12.5 Å². The number of hydrogen-bond acceptors (Lipinski definition) is 3. The van der Waals surface area contributed by atoms with Gasteiger partial charge in [0.25, 0.3) is 0 Å². The first-order valence-electron chi connectivity index (χ1n) is 9.16. The van der Waals surface area contributed by atoms with E-state index in [1.54, 1.807) is 12.1 Å². The lowest BCUT2D eigenvalue weighted by atomic mass is 9.85. The number of likely N-dealkylation sites (tertiary alicyclic amines) is 1. The van der Waals surface area contributed by atoms with Crippen molar-refractivity contribution in [1.82, 2.24) is 10.2 Å². The fourth-order valence-electron chi connectivity index (χ4n) is 4.33. The maximum atomic E-state index is 13.8. The Balaban J connectivity index is 1.46. The van der Waals surface area contributed by atoms with Crippen LogP contribution in [0, 0.1) is 23.6 Å². The zero-order valence-corrected chi connectivity index (χ0v) is 13.7. The van der Waals surface area contributed by atoms with Gasteiger partial charge < -0.3 is 10.1 Å². The molecule has 3 atom stereocenters. The zero-order valence-electron chi connectivity index (χ0n) is 13.7. The largest absolute Gasteiger partial charge is 0.493 e. The number of ether oxygens (including phenoxy) is 1. The van der Waals surface area contributed by atoms with E-state index in [9.17, 15) is 9.18 Å². The molecule has 0 spiro atoms. The van der Waals surface area contributed by atoms with Gasteiger partial charge in [-0.05, 0) is 49.8 Å². The Hall–Kier alpha value is -1.62. The molecule has 5 heteroatoms. The summed E-state index contributed by atoms with van der Waals surface area (Å²) in [5, 5.41) is 3.16. The molecule has 1 aromatic carbocycles. The molecule has 24 heavy (non-hydrogen) atoms. The number of nitrogens with one attached hydrogen (secondary N) is 1. The molecule has 3 fully saturated rings. The summed E-state index contributed by atoms with van der Waals surface area (Å²) in [6.07, 6.45) is 4.75. The summed E-state index contributed by atoms with van der Waals surface area (Å²) in [5.74, 6) is 1.53. The smallest absolute Gasteiger partial charge is 0.225 e. The van der Waals surface area contributed by atoms with Gasteiger partial charge >= 0.3 is 0 Å². The number of hydrogen-bond donors (Lipinski definition) is 1. The van der Waals surface area contributed by atoms with E-state index in [2.05, 4.69) is 10.2 Å². The fraction of sp³-hybridized carbons (Fsp3) is 0.632. The third-order valence-electron chi connectivity index (χ3n) is 5.92. The standard InChI is InChI=1S/C19H23FN2O2/c20-12-3-6-17-14(7-12)18-16(10-24-17)15(19(23)21-13-4-5-13)9-22(18)8-11-1-2-11/h3,6-7,11,13,15-16,18H,1-2,4-5,8-10H2,(H,21,23)/t15-,16+,18+/m1/s1. The molecule has 1 N–H and O–H groups in total. The summed E-state index contributed by atoms with van der Waals surface area (Å²) in [6, 6.07) is 5.28. The van der Waals surface area contributed by atoms with Crippen molar-refractivity contribution in [1.29, 1.82) is 0 Å². The first-order chi connectivity index (χ1) is 11.7. The van der Waals surface area contributed by atoms with Crippen molar-refractivity contribution in [2.75, 3.05) is 19.7 Å². The zero-order chi connectivity index (χ0) is 16.3. The van der Waals surface area contributed by atoms with Crippen LogP contribution in [0.5, 0.6) is 5.75 Å². The van der Waals surface area contributed by atoms with Gasteiger partial charge in [-0.25, -0.2) is 4.39 Å². The molecule has 5 rings (SSSR count). The Labute approximate surface area is 141 Å². The highest BCUT2D eigenvalue weighted by atomic mass is 19.1. The van der Waals surface area contributed by atoms with Gasteiger partial charge in [0.15, 0.2) is 0 Å². The number of nitrogens with zero attached hydrogens (tertiary/aromatic N) is 1. The molecular weight excluding hydrogens is 307 g/mol. The third-order valence-corrected chi connectivity index (χ3v) is 5.92. The van der Waals surface area contributed by atoms with Gasteiger partial charge in [-0.2, -0.15) is 0 Å². The Morgan fingerprint density at radius 2 is 2.12 bits per heavy atom. The van der Waals surface area contributed by atoms with Gasteiger partial charge in [0.1, 0.15) is 11.6 Å². The molecule has 1 saturated heterocycles. The van der Waals surface area contributed by atoms with Crippen molar-refractivity contribution in [3.63, 3.8) is 0 Å². The van der Waals surface area contributed by atoms with Crippen LogP contribution in [0.15, 0.2) is 18.2 Å². The quantitative estimate of drug-likeness (QED) is 0.922. The summed E-state index contributed by atoms with van der Waals surface area (Å²) in [5.41, 5.74) is 0.925. The van der Waals surface area contributed by atoms with E-state index in [4.69, 9.17) is 4.74 Å². The molecule has 0 radical (unpaired) electrons. The molecule has 0 bridgehead atoms. The number of amides is 1. The van der Waals surface area contributed by atoms with E-state index < -0.39 is 0 Å². The Morgan fingerprint density at radius 3 is 2.88 bits per heavy atom. The van der Waals surface area contributed by atoms with E-state index >= 15 is 0 Å². The maximum absolute atomic E-state index is 13.8. The van der Waals surface area contributed by atoms with E-state index in [0.29, 0.717) is 12.6 Å². The molecule has 2 aliphatic heterocycles. The lowest BCUT2D eigenvalue weighted by molar-refractivity contribution is -0.126. The number of benzene rings is 1. The van der Waals surface area contributed by atoms with Crippen molar-refractivity contribution in [2.45, 2.75) is 37.8 Å². The second-order valence-corrected chi connectivity index (χ2v) is 7.89. The molecule has 0 unspecified atom stereocenters. The Morgan fingerprint density at radius 1 is 1.29 bits per heavy atom. The predicted molar refractivity (Wildman–Crippen MR) is 87.1 cm³/mol. The minimum absolute atomic E-state index is 0.0502. The molecule has 4 aliphatic rings. The second kappa shape index (κ2) is 5.45. The van der Waals surface area contributed by atoms with Crippen molar-refractivity contribution in [3.05, 3.63) is 29.6 Å². The van der Waals surface area contributed by atoms with Gasteiger partial charge in [0.2, 0.25) is 5.91 Å². The van der Waals surface area contributed by atoms with Crippen molar-refractivity contribution < 1.29 is 13.9 Å². The highest BCUT2D eigenvalue weighted by molar-refractivity contribution is 5.80. The first kappa shape index (κ1) is 14.7. The van der Waals surface area contributed by atoms with Crippen LogP contribution in [0.1, 0.15) is 37.3 Å². The summed E-state index contributed by atoms with van der Waals surface area (Å²) in [6.45, 7) is 2.33. The van der Waals surface area contributed by atoms with Gasteiger partial charge in [0, 0.05) is 36.7 Å². The lowest BCUT2D eigenvalue weighted by Gasteiger charge is -2.34. The molecule has 1 amide bonds. The highest BCUT2D eigenvalue weighted by Gasteiger charge is 2.50. The average Bonchev–Trinajstić information content (AvgIpc) is 3.48. The SMILES string of the molecule is O=C(NC1CC1)[C@@H]1CN(CC2CC2)[C@H]2c3cc(F)ccc3OC[C@@H]12. The number of fused-ring (bicyclic) bond motifs is 3. The molecule has 2 saturated carbocycles. The van der Waals surface area contributed by atoms with Gasteiger partial charge in [-0.1, -0.05) is 0 Å². The normalized spacial score (nSPS) is 32.0.